The zero-order valence-corrected chi connectivity index (χ0v) is 18.8. The number of hydrogen-bond donors (Lipinski definition) is 1. The molecule has 0 aliphatic carbocycles. The molecule has 0 saturated heterocycles. The van der Waals surface area contributed by atoms with E-state index in [-0.39, 0.29) is 5.82 Å². The second-order valence-electron chi connectivity index (χ2n) is 8.03. The molecule has 1 aliphatic heterocycles. The fourth-order valence-electron chi connectivity index (χ4n) is 4.22. The molecule has 0 atom stereocenters. The first-order valence-corrected chi connectivity index (χ1v) is 11.9. The lowest BCUT2D eigenvalue weighted by atomic mass is 9.95. The van der Waals surface area contributed by atoms with E-state index in [9.17, 15) is 17.6 Å². The quantitative estimate of drug-likeness (QED) is 0.228. The van der Waals surface area contributed by atoms with E-state index in [4.69, 9.17) is 0 Å². The molecule has 0 amide bonds. The number of aryl methyl sites for hydroxylation is 1. The molecule has 7 heteroatoms. The van der Waals surface area contributed by atoms with Gasteiger partial charge in [-0.1, -0.05) is 13.0 Å². The molecule has 2 aromatic carbocycles. The minimum atomic E-state index is -4.29. The van der Waals surface area contributed by atoms with Gasteiger partial charge in [-0.15, -0.1) is 11.8 Å². The number of fused-ring (bicyclic) bond motifs is 1. The van der Waals surface area contributed by atoms with Gasteiger partial charge in [0, 0.05) is 40.1 Å². The number of aromatic nitrogens is 1. The zero-order valence-electron chi connectivity index (χ0n) is 17.9. The predicted molar refractivity (Wildman–Crippen MR) is 123 cm³/mol. The number of halogens is 4. The van der Waals surface area contributed by atoms with Gasteiger partial charge in [-0.2, -0.15) is 13.2 Å². The SMILES string of the molecule is CCc1[nH]c2cc(F)ccc2c1C1=CCN(CCCSc2ccc(C(F)(F)F)cc2)CC1. The van der Waals surface area contributed by atoms with Crippen LogP contribution in [0.3, 0.4) is 0 Å². The number of benzene rings is 2. The molecular weight excluding hydrogens is 436 g/mol. The first kappa shape index (κ1) is 22.9. The van der Waals surface area contributed by atoms with Crippen LogP contribution in [-0.4, -0.2) is 35.3 Å². The van der Waals surface area contributed by atoms with Gasteiger partial charge in [-0.05, 0) is 79.6 Å². The largest absolute Gasteiger partial charge is 0.416 e. The average Bonchev–Trinajstić information content (AvgIpc) is 3.14. The summed E-state index contributed by atoms with van der Waals surface area (Å²) in [5.74, 6) is 0.637. The van der Waals surface area contributed by atoms with Crippen LogP contribution in [0.25, 0.3) is 16.5 Å². The van der Waals surface area contributed by atoms with Gasteiger partial charge in [0.1, 0.15) is 5.82 Å². The van der Waals surface area contributed by atoms with Crippen LogP contribution in [0.2, 0.25) is 0 Å². The van der Waals surface area contributed by atoms with Gasteiger partial charge in [-0.25, -0.2) is 4.39 Å². The third-order valence-electron chi connectivity index (χ3n) is 5.88. The van der Waals surface area contributed by atoms with Crippen molar-refractivity contribution in [2.45, 2.75) is 37.3 Å². The molecule has 0 bridgehead atoms. The fourth-order valence-corrected chi connectivity index (χ4v) is 5.05. The van der Waals surface area contributed by atoms with Gasteiger partial charge in [0.2, 0.25) is 0 Å². The zero-order chi connectivity index (χ0) is 22.7. The van der Waals surface area contributed by atoms with E-state index >= 15 is 0 Å². The van der Waals surface area contributed by atoms with Gasteiger partial charge in [0.15, 0.2) is 0 Å². The summed E-state index contributed by atoms with van der Waals surface area (Å²) < 4.78 is 51.6. The number of nitrogens with zero attached hydrogens (tertiary/aromatic N) is 1. The summed E-state index contributed by atoms with van der Waals surface area (Å²) in [6.45, 7) is 4.90. The van der Waals surface area contributed by atoms with Crippen molar-refractivity contribution in [1.29, 1.82) is 0 Å². The topological polar surface area (TPSA) is 19.0 Å². The van der Waals surface area contributed by atoms with Crippen molar-refractivity contribution in [2.75, 3.05) is 25.4 Å². The number of thioether (sulfide) groups is 1. The van der Waals surface area contributed by atoms with Crippen LogP contribution in [0.5, 0.6) is 0 Å². The van der Waals surface area contributed by atoms with Crippen LogP contribution in [0.1, 0.15) is 36.6 Å². The number of nitrogens with one attached hydrogen (secondary N) is 1. The molecule has 0 saturated carbocycles. The summed E-state index contributed by atoms with van der Waals surface area (Å²) in [7, 11) is 0. The van der Waals surface area contributed by atoms with E-state index in [1.54, 1.807) is 30.0 Å². The highest BCUT2D eigenvalue weighted by Crippen LogP contribution is 2.34. The number of hydrogen-bond acceptors (Lipinski definition) is 2. The third kappa shape index (κ3) is 5.21. The van der Waals surface area contributed by atoms with E-state index in [0.29, 0.717) is 0 Å². The summed E-state index contributed by atoms with van der Waals surface area (Å²) in [4.78, 5) is 6.64. The Morgan fingerprint density at radius 2 is 1.88 bits per heavy atom. The van der Waals surface area contributed by atoms with Crippen LogP contribution < -0.4 is 0 Å². The Morgan fingerprint density at radius 3 is 2.53 bits per heavy atom. The highest BCUT2D eigenvalue weighted by molar-refractivity contribution is 7.99. The Kier molecular flexibility index (Phi) is 6.96. The smallest absolute Gasteiger partial charge is 0.358 e. The van der Waals surface area contributed by atoms with Crippen molar-refractivity contribution in [3.05, 3.63) is 71.2 Å². The summed E-state index contributed by atoms with van der Waals surface area (Å²) >= 11 is 1.59. The minimum absolute atomic E-state index is 0.231. The van der Waals surface area contributed by atoms with Gasteiger partial charge in [0.25, 0.3) is 0 Å². The summed E-state index contributed by atoms with van der Waals surface area (Å²) in [5.41, 5.74) is 3.93. The van der Waals surface area contributed by atoms with Crippen LogP contribution in [0.4, 0.5) is 17.6 Å². The molecule has 1 aromatic heterocycles. The average molecular weight is 463 g/mol. The van der Waals surface area contributed by atoms with Crippen molar-refractivity contribution in [3.8, 4) is 0 Å². The summed E-state index contributed by atoms with van der Waals surface area (Å²) in [6, 6.07) is 10.3. The van der Waals surface area contributed by atoms with Crippen molar-refractivity contribution < 1.29 is 17.6 Å². The molecule has 0 spiro atoms. The maximum atomic E-state index is 13.6. The summed E-state index contributed by atoms with van der Waals surface area (Å²) in [5, 5.41) is 1.08. The van der Waals surface area contributed by atoms with Gasteiger partial charge in [-0.3, -0.25) is 4.90 Å². The molecule has 2 heterocycles. The van der Waals surface area contributed by atoms with Crippen LogP contribution in [-0.2, 0) is 12.6 Å². The molecule has 32 heavy (non-hydrogen) atoms. The molecule has 1 aliphatic rings. The molecule has 4 rings (SSSR count). The Hall–Kier alpha value is -2.25. The van der Waals surface area contributed by atoms with Crippen LogP contribution >= 0.6 is 11.8 Å². The number of H-pyrrole nitrogens is 1. The maximum absolute atomic E-state index is 13.6. The molecule has 3 aromatic rings. The monoisotopic (exact) mass is 462 g/mol. The molecule has 0 radical (unpaired) electrons. The van der Waals surface area contributed by atoms with E-state index in [1.165, 1.54) is 17.2 Å². The normalized spacial score (nSPS) is 15.3. The number of alkyl halides is 3. The second kappa shape index (κ2) is 9.71. The number of aromatic amines is 1. The van der Waals surface area contributed by atoms with Crippen molar-refractivity contribution in [1.82, 2.24) is 9.88 Å². The molecular formula is C25H26F4N2S. The van der Waals surface area contributed by atoms with Gasteiger partial charge >= 0.3 is 6.18 Å². The van der Waals surface area contributed by atoms with E-state index < -0.39 is 11.7 Å². The first-order chi connectivity index (χ1) is 15.3. The molecule has 0 fully saturated rings. The predicted octanol–water partition coefficient (Wildman–Crippen LogP) is 7.16. The lowest BCUT2D eigenvalue weighted by Crippen LogP contribution is -2.29. The molecule has 0 unspecified atom stereocenters. The Labute approximate surface area is 189 Å². The third-order valence-corrected chi connectivity index (χ3v) is 6.97. The second-order valence-corrected chi connectivity index (χ2v) is 9.19. The Morgan fingerprint density at radius 1 is 1.09 bits per heavy atom. The Balaban J connectivity index is 1.30. The highest BCUT2D eigenvalue weighted by atomic mass is 32.2. The number of rotatable bonds is 7. The fraction of sp³-hybridized carbons (Fsp3) is 0.360. The molecule has 170 valence electrons. The lowest BCUT2D eigenvalue weighted by Gasteiger charge is -2.26. The Bertz CT molecular complexity index is 1100. The van der Waals surface area contributed by atoms with Crippen LogP contribution in [0, 0.1) is 5.82 Å². The molecule has 2 nitrogen and oxygen atoms in total. The first-order valence-electron chi connectivity index (χ1n) is 10.9. The van der Waals surface area contributed by atoms with Crippen molar-refractivity contribution >= 4 is 28.2 Å². The van der Waals surface area contributed by atoms with Crippen molar-refractivity contribution in [2.24, 2.45) is 0 Å². The maximum Gasteiger partial charge on any atom is 0.416 e. The standard InChI is InChI=1S/C25H26F4N2S/c1-2-22-24(21-9-6-19(26)16-23(21)30-22)17-10-13-31(14-11-17)12-3-15-32-20-7-4-18(5-8-20)25(27,28)29/h4-10,16,30H,2-3,11-15H2,1H3. The lowest BCUT2D eigenvalue weighted by molar-refractivity contribution is -0.137. The minimum Gasteiger partial charge on any atom is -0.358 e. The molecule has 1 N–H and O–H groups in total. The van der Waals surface area contributed by atoms with E-state index in [1.807, 2.05) is 6.07 Å². The van der Waals surface area contributed by atoms with Gasteiger partial charge in [0.05, 0.1) is 5.56 Å². The van der Waals surface area contributed by atoms with Crippen molar-refractivity contribution in [3.63, 3.8) is 0 Å². The van der Waals surface area contributed by atoms with Crippen LogP contribution in [0.15, 0.2) is 53.4 Å². The van der Waals surface area contributed by atoms with E-state index in [2.05, 4.69) is 22.9 Å². The van der Waals surface area contributed by atoms with Gasteiger partial charge < -0.3 is 4.98 Å². The highest BCUT2D eigenvalue weighted by Gasteiger charge is 2.29. The summed E-state index contributed by atoms with van der Waals surface area (Å²) in [6.07, 6.45) is 0.779. The van der Waals surface area contributed by atoms with E-state index in [0.717, 1.165) is 78.3 Å².